The second-order valence-electron chi connectivity index (χ2n) is 8.79. The van der Waals surface area contributed by atoms with Crippen LogP contribution < -0.4 is 14.4 Å². The van der Waals surface area contributed by atoms with Crippen molar-refractivity contribution in [2.75, 3.05) is 24.2 Å². The lowest BCUT2D eigenvalue weighted by atomic mass is 10.1. The van der Waals surface area contributed by atoms with Crippen molar-refractivity contribution in [2.45, 2.75) is 51.2 Å². The zero-order valence-corrected chi connectivity index (χ0v) is 23.2. The van der Waals surface area contributed by atoms with E-state index in [1.165, 1.54) is 4.90 Å². The Morgan fingerprint density at radius 3 is 2.40 bits per heavy atom. The number of sulfonamides is 1. The highest BCUT2D eigenvalue weighted by atomic mass is 127. The molecular formula is C25H32IN3O5S. The van der Waals surface area contributed by atoms with Gasteiger partial charge in [-0.1, -0.05) is 25.0 Å². The van der Waals surface area contributed by atoms with Gasteiger partial charge >= 0.3 is 0 Å². The van der Waals surface area contributed by atoms with Gasteiger partial charge in [0.2, 0.25) is 21.8 Å². The van der Waals surface area contributed by atoms with Crippen molar-refractivity contribution < 1.29 is 22.7 Å². The van der Waals surface area contributed by atoms with E-state index < -0.39 is 28.5 Å². The molecule has 0 radical (unpaired) electrons. The number of carbonyl (C=O) groups is 2. The standard InChI is InChI=1S/C25H32IN3O5S/c1-18(25(31)27-21-8-4-5-9-21)28(16-19-7-6-10-23(15-19)34-2)24(30)17-29(35(3,32)33)22-13-11-20(26)12-14-22/h6-7,10-15,18,21H,4-5,8-9,16-17H2,1-3H3,(H,27,31). The highest BCUT2D eigenvalue weighted by Crippen LogP contribution is 2.22. The Balaban J connectivity index is 1.88. The van der Waals surface area contributed by atoms with Crippen LogP contribution in [0.4, 0.5) is 5.69 Å². The molecule has 1 N–H and O–H groups in total. The number of amides is 2. The molecule has 0 spiro atoms. The molecule has 0 bridgehead atoms. The third-order valence-electron chi connectivity index (χ3n) is 6.15. The van der Waals surface area contributed by atoms with Gasteiger partial charge in [-0.15, -0.1) is 0 Å². The maximum Gasteiger partial charge on any atom is 0.244 e. The van der Waals surface area contributed by atoms with E-state index in [1.54, 1.807) is 50.4 Å². The Morgan fingerprint density at radius 2 is 1.80 bits per heavy atom. The Morgan fingerprint density at radius 1 is 1.14 bits per heavy atom. The molecule has 35 heavy (non-hydrogen) atoms. The van der Waals surface area contributed by atoms with Crippen LogP contribution in [0.25, 0.3) is 0 Å². The van der Waals surface area contributed by atoms with E-state index in [0.29, 0.717) is 11.4 Å². The maximum absolute atomic E-state index is 13.6. The Kier molecular flexibility index (Phi) is 9.40. The lowest BCUT2D eigenvalue weighted by Crippen LogP contribution is -2.52. The summed E-state index contributed by atoms with van der Waals surface area (Å²) < 4.78 is 32.5. The summed E-state index contributed by atoms with van der Waals surface area (Å²) in [6.45, 7) is 1.40. The van der Waals surface area contributed by atoms with Gasteiger partial charge in [-0.2, -0.15) is 0 Å². The second kappa shape index (κ2) is 12.1. The molecule has 2 aromatic carbocycles. The molecule has 0 aliphatic heterocycles. The fourth-order valence-electron chi connectivity index (χ4n) is 4.16. The molecule has 8 nitrogen and oxygen atoms in total. The van der Waals surface area contributed by atoms with Gasteiger partial charge in [0.1, 0.15) is 18.3 Å². The van der Waals surface area contributed by atoms with Crippen molar-refractivity contribution in [2.24, 2.45) is 0 Å². The zero-order valence-electron chi connectivity index (χ0n) is 20.2. The normalized spacial score (nSPS) is 14.9. The van der Waals surface area contributed by atoms with Gasteiger partial charge in [0.25, 0.3) is 0 Å². The fraction of sp³-hybridized carbons (Fsp3) is 0.440. The molecule has 3 rings (SSSR count). The van der Waals surface area contributed by atoms with Crippen LogP contribution in [0.3, 0.4) is 0 Å². The summed E-state index contributed by atoms with van der Waals surface area (Å²) in [5.74, 6) is -0.0752. The minimum atomic E-state index is -3.74. The number of hydrogen-bond acceptors (Lipinski definition) is 5. The van der Waals surface area contributed by atoms with E-state index >= 15 is 0 Å². The van der Waals surface area contributed by atoms with Crippen LogP contribution in [0.5, 0.6) is 5.75 Å². The smallest absolute Gasteiger partial charge is 0.244 e. The summed E-state index contributed by atoms with van der Waals surface area (Å²) in [6, 6.07) is 13.5. The van der Waals surface area contributed by atoms with E-state index in [9.17, 15) is 18.0 Å². The van der Waals surface area contributed by atoms with Gasteiger partial charge in [-0.25, -0.2) is 8.42 Å². The molecule has 2 aromatic rings. The molecule has 190 valence electrons. The fourth-order valence-corrected chi connectivity index (χ4v) is 5.37. The minimum absolute atomic E-state index is 0.109. The lowest BCUT2D eigenvalue weighted by molar-refractivity contribution is -0.139. The first-order chi connectivity index (χ1) is 16.6. The Bertz CT molecular complexity index is 1130. The molecule has 1 saturated carbocycles. The molecule has 10 heteroatoms. The van der Waals surface area contributed by atoms with E-state index in [1.807, 2.05) is 12.1 Å². The number of anilines is 1. The summed E-state index contributed by atoms with van der Waals surface area (Å²) >= 11 is 2.13. The lowest BCUT2D eigenvalue weighted by Gasteiger charge is -2.32. The predicted octanol–water partition coefficient (Wildman–Crippen LogP) is 3.54. The van der Waals surface area contributed by atoms with E-state index in [0.717, 1.165) is 45.4 Å². The number of halogens is 1. The molecule has 1 fully saturated rings. The monoisotopic (exact) mass is 613 g/mol. The third kappa shape index (κ3) is 7.57. The first kappa shape index (κ1) is 27.3. The van der Waals surface area contributed by atoms with Crippen LogP contribution in [-0.4, -0.2) is 57.1 Å². The summed E-state index contributed by atoms with van der Waals surface area (Å²) in [5, 5.41) is 3.05. The van der Waals surface area contributed by atoms with Gasteiger partial charge in [-0.05, 0) is 84.3 Å². The number of carbonyl (C=O) groups excluding carboxylic acids is 2. The number of rotatable bonds is 10. The molecule has 0 saturated heterocycles. The summed E-state index contributed by atoms with van der Waals surface area (Å²) in [4.78, 5) is 28.1. The molecule has 2 amide bonds. The number of ether oxygens (including phenoxy) is 1. The van der Waals surface area contributed by atoms with Gasteiger partial charge in [-0.3, -0.25) is 13.9 Å². The highest BCUT2D eigenvalue weighted by Gasteiger charge is 2.31. The molecule has 1 aliphatic rings. The van der Waals surface area contributed by atoms with Crippen molar-refractivity contribution in [3.05, 3.63) is 57.7 Å². The number of benzene rings is 2. The number of hydrogen-bond donors (Lipinski definition) is 1. The minimum Gasteiger partial charge on any atom is -0.497 e. The van der Waals surface area contributed by atoms with Crippen molar-refractivity contribution >= 4 is 50.1 Å². The van der Waals surface area contributed by atoms with Crippen molar-refractivity contribution in [3.63, 3.8) is 0 Å². The number of methoxy groups -OCH3 is 1. The first-order valence-electron chi connectivity index (χ1n) is 11.5. The van der Waals surface area contributed by atoms with Crippen molar-refractivity contribution in [1.29, 1.82) is 0 Å². The summed E-state index contributed by atoms with van der Waals surface area (Å²) in [5.41, 5.74) is 1.17. The van der Waals surface area contributed by atoms with Gasteiger partial charge in [0, 0.05) is 16.2 Å². The van der Waals surface area contributed by atoms with Crippen LogP contribution in [0.15, 0.2) is 48.5 Å². The summed E-state index contributed by atoms with van der Waals surface area (Å²) in [6.07, 6.45) is 5.07. The van der Waals surface area contributed by atoms with E-state index in [-0.39, 0.29) is 18.5 Å². The maximum atomic E-state index is 13.6. The quantitative estimate of drug-likeness (QED) is 0.414. The van der Waals surface area contributed by atoms with Crippen LogP contribution in [-0.2, 0) is 26.2 Å². The molecule has 0 aromatic heterocycles. The van der Waals surface area contributed by atoms with Crippen LogP contribution >= 0.6 is 22.6 Å². The Labute approximate surface area is 221 Å². The highest BCUT2D eigenvalue weighted by molar-refractivity contribution is 14.1. The predicted molar refractivity (Wildman–Crippen MR) is 145 cm³/mol. The Hall–Kier alpha value is -2.34. The second-order valence-corrected chi connectivity index (χ2v) is 11.9. The van der Waals surface area contributed by atoms with Gasteiger partial charge in [0.05, 0.1) is 19.1 Å². The average molecular weight is 614 g/mol. The topological polar surface area (TPSA) is 96.0 Å². The summed E-state index contributed by atoms with van der Waals surface area (Å²) in [7, 11) is -2.18. The zero-order chi connectivity index (χ0) is 25.6. The van der Waals surface area contributed by atoms with Crippen LogP contribution in [0, 0.1) is 3.57 Å². The number of nitrogens with zero attached hydrogens (tertiary/aromatic N) is 2. The van der Waals surface area contributed by atoms with E-state index in [2.05, 4.69) is 27.9 Å². The average Bonchev–Trinajstić information content (AvgIpc) is 3.33. The molecule has 1 aliphatic carbocycles. The molecule has 0 heterocycles. The van der Waals surface area contributed by atoms with Crippen molar-refractivity contribution in [3.8, 4) is 5.75 Å². The first-order valence-corrected chi connectivity index (χ1v) is 14.5. The van der Waals surface area contributed by atoms with Crippen LogP contribution in [0.2, 0.25) is 0 Å². The van der Waals surface area contributed by atoms with Gasteiger partial charge in [0.15, 0.2) is 0 Å². The SMILES string of the molecule is COc1cccc(CN(C(=O)CN(c2ccc(I)cc2)S(C)(=O)=O)C(C)C(=O)NC2CCCC2)c1. The van der Waals surface area contributed by atoms with Crippen LogP contribution in [0.1, 0.15) is 38.2 Å². The van der Waals surface area contributed by atoms with E-state index in [4.69, 9.17) is 4.74 Å². The number of nitrogens with one attached hydrogen (secondary N) is 1. The largest absolute Gasteiger partial charge is 0.497 e. The molecule has 1 unspecified atom stereocenters. The molecular weight excluding hydrogens is 581 g/mol. The van der Waals surface area contributed by atoms with Crippen molar-refractivity contribution in [1.82, 2.24) is 10.2 Å². The third-order valence-corrected chi connectivity index (χ3v) is 8.01. The molecule has 1 atom stereocenters. The van der Waals surface area contributed by atoms with Gasteiger partial charge < -0.3 is 15.0 Å².